The lowest BCUT2D eigenvalue weighted by atomic mass is 10.0. The number of aromatic nitrogens is 2. The molecule has 4 aromatic rings. The van der Waals surface area contributed by atoms with Gasteiger partial charge in [0.15, 0.2) is 0 Å². The minimum Gasteiger partial charge on any atom is -0.362 e. The molecule has 0 unspecified atom stereocenters. The number of hydrogen-bond acceptors (Lipinski definition) is 3. The van der Waals surface area contributed by atoms with Crippen molar-refractivity contribution in [1.29, 1.82) is 0 Å². The fourth-order valence-corrected chi connectivity index (χ4v) is 4.61. The summed E-state index contributed by atoms with van der Waals surface area (Å²) in [5.74, 6) is 1.46. The third kappa shape index (κ3) is 4.29. The zero-order valence-electron chi connectivity index (χ0n) is 18.7. The quantitative estimate of drug-likeness (QED) is 0.347. The number of nitrogens with zero attached hydrogens (tertiary/aromatic N) is 3. The molecule has 33 heavy (non-hydrogen) atoms. The van der Waals surface area contributed by atoms with Crippen LogP contribution in [0.2, 0.25) is 10.0 Å². The number of halogens is 2. The van der Waals surface area contributed by atoms with E-state index in [0.717, 1.165) is 22.8 Å². The van der Waals surface area contributed by atoms with Gasteiger partial charge in [0.05, 0.1) is 27.7 Å². The first kappa shape index (κ1) is 21.7. The number of aliphatic imine (C=N–C) groups is 1. The van der Waals surface area contributed by atoms with Gasteiger partial charge in [0.1, 0.15) is 17.4 Å². The Bertz CT molecular complexity index is 1350. The second-order valence-electron chi connectivity index (χ2n) is 9.01. The molecule has 0 spiro atoms. The summed E-state index contributed by atoms with van der Waals surface area (Å²) in [4.78, 5) is 9.59. The van der Waals surface area contributed by atoms with Crippen molar-refractivity contribution in [3.05, 3.63) is 94.2 Å². The highest BCUT2D eigenvalue weighted by Crippen LogP contribution is 2.36. The van der Waals surface area contributed by atoms with Crippen molar-refractivity contribution in [2.45, 2.75) is 26.3 Å². The average Bonchev–Trinajstić information content (AvgIpc) is 3.37. The summed E-state index contributed by atoms with van der Waals surface area (Å²) in [6.07, 6.45) is 1.99. The smallest absolute Gasteiger partial charge is 0.149 e. The molecule has 5 rings (SSSR count). The Morgan fingerprint density at radius 1 is 0.909 bits per heavy atom. The summed E-state index contributed by atoms with van der Waals surface area (Å²) in [7, 11) is 0. The van der Waals surface area contributed by atoms with Crippen molar-refractivity contribution in [3.8, 4) is 28.2 Å². The van der Waals surface area contributed by atoms with E-state index in [0.29, 0.717) is 28.0 Å². The maximum Gasteiger partial charge on any atom is 0.149 e. The highest BCUT2D eigenvalue weighted by Gasteiger charge is 2.28. The van der Waals surface area contributed by atoms with E-state index in [1.54, 1.807) is 0 Å². The predicted octanol–water partition coefficient (Wildman–Crippen LogP) is 6.95. The minimum absolute atomic E-state index is 0.100. The minimum atomic E-state index is -0.100. The number of aryl methyl sites for hydroxylation is 1. The summed E-state index contributed by atoms with van der Waals surface area (Å²) in [5, 5.41) is 4.57. The second-order valence-corrected chi connectivity index (χ2v) is 9.82. The lowest BCUT2D eigenvalue weighted by Gasteiger charge is -2.17. The van der Waals surface area contributed by atoms with Crippen molar-refractivity contribution < 1.29 is 0 Å². The van der Waals surface area contributed by atoms with Crippen LogP contribution in [-0.2, 0) is 0 Å². The van der Waals surface area contributed by atoms with E-state index in [-0.39, 0.29) is 5.54 Å². The molecule has 0 radical (unpaired) electrons. The summed E-state index contributed by atoms with van der Waals surface area (Å²) in [6.45, 7) is 7.04. The van der Waals surface area contributed by atoms with E-state index in [2.05, 4.69) is 79.6 Å². The molecule has 0 fully saturated rings. The molecule has 0 amide bonds. The van der Waals surface area contributed by atoms with Gasteiger partial charge < -0.3 is 5.32 Å². The summed E-state index contributed by atoms with van der Waals surface area (Å²) in [6, 6.07) is 22.4. The summed E-state index contributed by atoms with van der Waals surface area (Å²) < 4.78 is 2.03. The van der Waals surface area contributed by atoms with Gasteiger partial charge in [-0.25, -0.2) is 4.98 Å². The van der Waals surface area contributed by atoms with E-state index < -0.39 is 0 Å². The normalized spacial score (nSPS) is 14.8. The zero-order valence-corrected chi connectivity index (χ0v) is 20.2. The van der Waals surface area contributed by atoms with Crippen LogP contribution in [-0.4, -0.2) is 27.5 Å². The zero-order chi connectivity index (χ0) is 23.2. The van der Waals surface area contributed by atoms with E-state index >= 15 is 0 Å². The van der Waals surface area contributed by atoms with Crippen LogP contribution in [0.4, 0.5) is 0 Å². The largest absolute Gasteiger partial charge is 0.362 e. The van der Waals surface area contributed by atoms with Crippen LogP contribution in [0.15, 0.2) is 77.9 Å². The van der Waals surface area contributed by atoms with Crippen molar-refractivity contribution in [1.82, 2.24) is 14.9 Å². The number of nitrogens with one attached hydrogen (secondary N) is 1. The van der Waals surface area contributed by atoms with E-state index in [4.69, 9.17) is 28.2 Å². The highest BCUT2D eigenvalue weighted by atomic mass is 35.5. The van der Waals surface area contributed by atoms with Crippen molar-refractivity contribution >= 4 is 29.0 Å². The van der Waals surface area contributed by atoms with Gasteiger partial charge in [-0.05, 0) is 56.2 Å². The Morgan fingerprint density at radius 2 is 1.61 bits per heavy atom. The molecule has 166 valence electrons. The lowest BCUT2D eigenvalue weighted by molar-refractivity contribution is 0.506. The summed E-state index contributed by atoms with van der Waals surface area (Å²) in [5.41, 5.74) is 5.91. The van der Waals surface area contributed by atoms with Crippen LogP contribution in [0.25, 0.3) is 28.2 Å². The molecule has 0 saturated carbocycles. The first-order valence-electron chi connectivity index (χ1n) is 10.8. The van der Waals surface area contributed by atoms with Crippen LogP contribution < -0.4 is 5.32 Å². The van der Waals surface area contributed by atoms with E-state index in [9.17, 15) is 0 Å². The number of amidine groups is 1. The third-order valence-corrected chi connectivity index (χ3v) is 6.35. The van der Waals surface area contributed by atoms with Crippen molar-refractivity contribution in [2.75, 3.05) is 6.54 Å². The van der Waals surface area contributed by atoms with Crippen LogP contribution in [0.1, 0.15) is 25.1 Å². The standard InChI is InChI=1S/C27H24Cl2N4/c1-17-6-4-7-19(14-17)18-10-12-20(13-11-18)33-15-23(25-30-16-27(2,3)32-25)31-26(33)24-21(28)8-5-9-22(24)29/h4-15H,16H2,1-3H3,(H,30,32). The molecule has 1 N–H and O–H groups in total. The lowest BCUT2D eigenvalue weighted by Crippen LogP contribution is -2.39. The van der Waals surface area contributed by atoms with Gasteiger partial charge in [0, 0.05) is 11.9 Å². The molecule has 6 heteroatoms. The average molecular weight is 475 g/mol. The first-order chi connectivity index (χ1) is 15.8. The number of hydrogen-bond donors (Lipinski definition) is 1. The predicted molar refractivity (Wildman–Crippen MR) is 138 cm³/mol. The van der Waals surface area contributed by atoms with Crippen molar-refractivity contribution in [3.63, 3.8) is 0 Å². The fraction of sp³-hybridized carbons (Fsp3) is 0.185. The SMILES string of the molecule is Cc1cccc(-c2ccc(-n3cc(C4=NCC(C)(C)N4)nc3-c3c(Cl)cccc3Cl)cc2)c1. The molecule has 1 aromatic heterocycles. The first-order valence-corrected chi connectivity index (χ1v) is 11.6. The summed E-state index contributed by atoms with van der Waals surface area (Å²) >= 11 is 13.1. The van der Waals surface area contributed by atoms with Crippen LogP contribution >= 0.6 is 23.2 Å². The highest BCUT2D eigenvalue weighted by molar-refractivity contribution is 6.39. The maximum atomic E-state index is 6.57. The molecule has 1 aliphatic rings. The van der Waals surface area contributed by atoms with E-state index in [1.807, 2.05) is 29.0 Å². The maximum absolute atomic E-state index is 6.57. The number of imidazole rings is 1. The molecule has 4 nitrogen and oxygen atoms in total. The number of benzene rings is 3. The van der Waals surface area contributed by atoms with Gasteiger partial charge in [-0.2, -0.15) is 0 Å². The van der Waals surface area contributed by atoms with Gasteiger partial charge in [0.2, 0.25) is 0 Å². The molecular weight excluding hydrogens is 451 g/mol. The molecule has 0 atom stereocenters. The van der Waals surface area contributed by atoms with Crippen LogP contribution in [0.5, 0.6) is 0 Å². The van der Waals surface area contributed by atoms with Crippen LogP contribution in [0.3, 0.4) is 0 Å². The Labute approximate surface area is 203 Å². The van der Waals surface area contributed by atoms with Crippen molar-refractivity contribution in [2.24, 2.45) is 4.99 Å². The molecule has 0 bridgehead atoms. The molecular formula is C27H24Cl2N4. The Balaban J connectivity index is 1.62. The molecule has 0 saturated heterocycles. The molecule has 3 aromatic carbocycles. The monoisotopic (exact) mass is 474 g/mol. The fourth-order valence-electron chi connectivity index (χ4n) is 4.04. The molecule has 1 aliphatic heterocycles. The molecule has 0 aliphatic carbocycles. The van der Waals surface area contributed by atoms with Gasteiger partial charge >= 0.3 is 0 Å². The van der Waals surface area contributed by atoms with Crippen LogP contribution in [0, 0.1) is 6.92 Å². The van der Waals surface area contributed by atoms with Gasteiger partial charge in [0.25, 0.3) is 0 Å². The third-order valence-electron chi connectivity index (χ3n) is 5.72. The Morgan fingerprint density at radius 3 is 2.24 bits per heavy atom. The number of rotatable bonds is 4. The van der Waals surface area contributed by atoms with E-state index in [1.165, 1.54) is 11.1 Å². The topological polar surface area (TPSA) is 42.2 Å². The second kappa shape index (κ2) is 8.36. The van der Waals surface area contributed by atoms with Gasteiger partial charge in [-0.1, -0.05) is 71.2 Å². The van der Waals surface area contributed by atoms with Gasteiger partial charge in [-0.15, -0.1) is 0 Å². The Hall–Kier alpha value is -3.08. The Kier molecular flexibility index (Phi) is 5.51. The van der Waals surface area contributed by atoms with Gasteiger partial charge in [-0.3, -0.25) is 9.56 Å². The molecule has 2 heterocycles.